The highest BCUT2D eigenvalue weighted by molar-refractivity contribution is 6.10. The lowest BCUT2D eigenvalue weighted by Crippen LogP contribution is -2.31. The van der Waals surface area contributed by atoms with E-state index in [0.717, 1.165) is 5.56 Å². The minimum atomic E-state index is -0.436. The monoisotopic (exact) mass is 346 g/mol. The molecule has 0 radical (unpaired) electrons. The average Bonchev–Trinajstić information content (AvgIpc) is 3.15. The summed E-state index contributed by atoms with van der Waals surface area (Å²) < 4.78 is 5.27. The van der Waals surface area contributed by atoms with Crippen molar-refractivity contribution in [3.8, 4) is 0 Å². The van der Waals surface area contributed by atoms with E-state index in [1.807, 2.05) is 37.3 Å². The van der Waals surface area contributed by atoms with Gasteiger partial charge in [-0.05, 0) is 42.8 Å². The summed E-state index contributed by atoms with van der Waals surface area (Å²) >= 11 is 0. The van der Waals surface area contributed by atoms with Crippen molar-refractivity contribution in [2.24, 2.45) is 0 Å². The number of benzene rings is 2. The Kier molecular flexibility index (Phi) is 5.29. The molecule has 0 spiro atoms. The van der Waals surface area contributed by atoms with Crippen molar-refractivity contribution in [3.63, 3.8) is 0 Å². The molecule has 2 N–H and O–H groups in total. The van der Waals surface area contributed by atoms with E-state index in [1.165, 1.54) is 12.3 Å². The van der Waals surface area contributed by atoms with E-state index >= 15 is 0 Å². The highest BCUT2D eigenvalue weighted by Crippen LogP contribution is 2.12. The average molecular weight is 346 g/mol. The summed E-state index contributed by atoms with van der Waals surface area (Å²) in [7, 11) is 0. The summed E-state index contributed by atoms with van der Waals surface area (Å²) in [6.45, 7) is 1.84. The first kappa shape index (κ1) is 17.2. The second kappa shape index (κ2) is 7.98. The van der Waals surface area contributed by atoms with Gasteiger partial charge in [-0.25, -0.2) is 0 Å². The molecule has 0 unspecified atom stereocenters. The maximum absolute atomic E-state index is 12.7. The highest BCUT2D eigenvalue weighted by Gasteiger charge is 2.16. The molecule has 0 fully saturated rings. The highest BCUT2D eigenvalue weighted by atomic mass is 16.3. The van der Waals surface area contributed by atoms with Gasteiger partial charge in [0.15, 0.2) is 0 Å². The summed E-state index contributed by atoms with van der Waals surface area (Å²) in [5.41, 5.74) is 2.06. The van der Waals surface area contributed by atoms with Gasteiger partial charge < -0.3 is 15.1 Å². The van der Waals surface area contributed by atoms with Crippen LogP contribution >= 0.6 is 0 Å². The summed E-state index contributed by atoms with van der Waals surface area (Å²) in [5.74, 6) is -0.327. The van der Waals surface area contributed by atoms with Crippen LogP contribution in [0.3, 0.4) is 0 Å². The van der Waals surface area contributed by atoms with Crippen LogP contribution in [-0.2, 0) is 4.79 Å². The SMILES string of the molecule is Cc1ccccc1C(=O)N/C(=C/c1ccco1)C(=O)Nc1ccccc1. The number of furan rings is 1. The Morgan fingerprint density at radius 3 is 2.35 bits per heavy atom. The lowest BCUT2D eigenvalue weighted by molar-refractivity contribution is -0.113. The normalized spacial score (nSPS) is 11.0. The van der Waals surface area contributed by atoms with E-state index in [9.17, 15) is 9.59 Å². The molecule has 3 aromatic rings. The standard InChI is InChI=1S/C21H18N2O3/c1-15-8-5-6-12-18(15)20(24)23-19(14-17-11-7-13-26-17)21(25)22-16-9-3-2-4-10-16/h2-14H,1H3,(H,22,25)(H,23,24)/b19-14+. The molecule has 0 aliphatic carbocycles. The topological polar surface area (TPSA) is 71.3 Å². The third-order valence-electron chi connectivity index (χ3n) is 3.74. The van der Waals surface area contributed by atoms with E-state index in [4.69, 9.17) is 4.42 Å². The van der Waals surface area contributed by atoms with E-state index in [-0.39, 0.29) is 11.6 Å². The maximum atomic E-state index is 12.7. The van der Waals surface area contributed by atoms with Gasteiger partial charge in [-0.2, -0.15) is 0 Å². The third-order valence-corrected chi connectivity index (χ3v) is 3.74. The number of nitrogens with one attached hydrogen (secondary N) is 2. The van der Waals surface area contributed by atoms with Gasteiger partial charge in [0.25, 0.3) is 11.8 Å². The fourth-order valence-electron chi connectivity index (χ4n) is 2.41. The van der Waals surface area contributed by atoms with Gasteiger partial charge in [-0.3, -0.25) is 9.59 Å². The molecule has 130 valence electrons. The zero-order valence-corrected chi connectivity index (χ0v) is 14.2. The van der Waals surface area contributed by atoms with E-state index in [1.54, 1.807) is 36.4 Å². The van der Waals surface area contributed by atoms with Gasteiger partial charge in [0.05, 0.1) is 6.26 Å². The molecule has 0 aliphatic heterocycles. The first-order chi connectivity index (χ1) is 12.6. The molecule has 1 aromatic heterocycles. The largest absolute Gasteiger partial charge is 0.465 e. The fourth-order valence-corrected chi connectivity index (χ4v) is 2.41. The van der Waals surface area contributed by atoms with Crippen LogP contribution in [0.4, 0.5) is 5.69 Å². The first-order valence-electron chi connectivity index (χ1n) is 8.12. The van der Waals surface area contributed by atoms with E-state index in [0.29, 0.717) is 17.0 Å². The summed E-state index contributed by atoms with van der Waals surface area (Å²) in [4.78, 5) is 25.3. The van der Waals surface area contributed by atoms with Gasteiger partial charge in [-0.1, -0.05) is 36.4 Å². The second-order valence-corrected chi connectivity index (χ2v) is 5.66. The number of carbonyl (C=O) groups is 2. The van der Waals surface area contributed by atoms with E-state index < -0.39 is 5.91 Å². The number of hydrogen-bond donors (Lipinski definition) is 2. The van der Waals surface area contributed by atoms with Crippen molar-refractivity contribution in [3.05, 3.63) is 95.6 Å². The number of amides is 2. The van der Waals surface area contributed by atoms with Crippen LogP contribution in [-0.4, -0.2) is 11.8 Å². The molecule has 0 aliphatic rings. The van der Waals surface area contributed by atoms with Crippen LogP contribution in [0.1, 0.15) is 21.7 Å². The Labute approximate surface area is 151 Å². The van der Waals surface area contributed by atoms with Gasteiger partial charge >= 0.3 is 0 Å². The second-order valence-electron chi connectivity index (χ2n) is 5.66. The molecule has 3 rings (SSSR count). The minimum absolute atomic E-state index is 0.0945. The molecular weight excluding hydrogens is 328 g/mol. The van der Waals surface area contributed by atoms with Crippen molar-refractivity contribution in [2.75, 3.05) is 5.32 Å². The molecule has 0 bridgehead atoms. The van der Waals surface area contributed by atoms with Crippen molar-refractivity contribution in [2.45, 2.75) is 6.92 Å². The maximum Gasteiger partial charge on any atom is 0.272 e. The molecule has 2 amide bonds. The molecule has 0 atom stereocenters. The number of hydrogen-bond acceptors (Lipinski definition) is 3. The molecule has 5 heteroatoms. The smallest absolute Gasteiger partial charge is 0.272 e. The van der Waals surface area contributed by atoms with Gasteiger partial charge in [0, 0.05) is 17.3 Å². The van der Waals surface area contributed by atoms with Gasteiger partial charge in [0.1, 0.15) is 11.5 Å². The van der Waals surface area contributed by atoms with Crippen LogP contribution in [0.25, 0.3) is 6.08 Å². The first-order valence-corrected chi connectivity index (χ1v) is 8.12. The Hall–Kier alpha value is -3.60. The number of carbonyl (C=O) groups excluding carboxylic acids is 2. The van der Waals surface area contributed by atoms with Crippen molar-refractivity contribution >= 4 is 23.6 Å². The van der Waals surface area contributed by atoms with E-state index in [2.05, 4.69) is 10.6 Å². The van der Waals surface area contributed by atoms with Crippen LogP contribution in [0.15, 0.2) is 83.1 Å². The number of aryl methyl sites for hydroxylation is 1. The van der Waals surface area contributed by atoms with Crippen molar-refractivity contribution in [1.82, 2.24) is 5.32 Å². The number of anilines is 1. The predicted octanol–water partition coefficient (Wildman–Crippen LogP) is 4.00. The summed E-state index contributed by atoms with van der Waals surface area (Å²) in [6, 6.07) is 19.6. The lowest BCUT2D eigenvalue weighted by Gasteiger charge is -2.12. The number of para-hydroxylation sites is 1. The fraction of sp³-hybridized carbons (Fsp3) is 0.0476. The Bertz CT molecular complexity index is 929. The molecule has 26 heavy (non-hydrogen) atoms. The van der Waals surface area contributed by atoms with Gasteiger partial charge in [0.2, 0.25) is 0 Å². The van der Waals surface area contributed by atoms with Crippen LogP contribution in [0.2, 0.25) is 0 Å². The third kappa shape index (κ3) is 4.27. The Balaban J connectivity index is 1.85. The van der Waals surface area contributed by atoms with Crippen molar-refractivity contribution in [1.29, 1.82) is 0 Å². The molecule has 1 heterocycles. The minimum Gasteiger partial charge on any atom is -0.465 e. The molecular formula is C21H18N2O3. The Morgan fingerprint density at radius 2 is 1.65 bits per heavy atom. The van der Waals surface area contributed by atoms with Crippen LogP contribution in [0.5, 0.6) is 0 Å². The van der Waals surface area contributed by atoms with Gasteiger partial charge in [-0.15, -0.1) is 0 Å². The van der Waals surface area contributed by atoms with Crippen LogP contribution in [0, 0.1) is 6.92 Å². The lowest BCUT2D eigenvalue weighted by atomic mass is 10.1. The molecule has 0 saturated heterocycles. The zero-order valence-electron chi connectivity index (χ0n) is 14.2. The molecule has 0 saturated carbocycles. The molecule has 2 aromatic carbocycles. The summed E-state index contributed by atoms with van der Waals surface area (Å²) in [5, 5.41) is 5.44. The van der Waals surface area contributed by atoms with Crippen LogP contribution < -0.4 is 10.6 Å². The molecule has 5 nitrogen and oxygen atoms in total. The Morgan fingerprint density at radius 1 is 0.923 bits per heavy atom. The predicted molar refractivity (Wildman–Crippen MR) is 100 cm³/mol. The van der Waals surface area contributed by atoms with Crippen molar-refractivity contribution < 1.29 is 14.0 Å². The number of rotatable bonds is 5. The summed E-state index contributed by atoms with van der Waals surface area (Å²) in [6.07, 6.45) is 3.00. The quantitative estimate of drug-likeness (QED) is 0.686. The zero-order chi connectivity index (χ0) is 18.4.